The number of carbonyl (C=O) groups is 1. The van der Waals surface area contributed by atoms with E-state index in [-0.39, 0.29) is 23.1 Å². The summed E-state index contributed by atoms with van der Waals surface area (Å²) < 4.78 is 8.53. The quantitative estimate of drug-likeness (QED) is 0.423. The largest absolute Gasteiger partial charge is 0.467 e. The lowest BCUT2D eigenvalue weighted by Crippen LogP contribution is -2.34. The number of hydrogen-bond donors (Lipinski definition) is 1. The number of amides is 1. The summed E-state index contributed by atoms with van der Waals surface area (Å²) in [5.74, 6) is 1.49. The Balaban J connectivity index is 1.49. The maximum atomic E-state index is 12.8. The molecule has 11 heteroatoms. The van der Waals surface area contributed by atoms with Crippen LogP contribution in [0.2, 0.25) is 0 Å². The van der Waals surface area contributed by atoms with Crippen LogP contribution in [0, 0.1) is 13.8 Å². The number of aryl methyl sites for hydroxylation is 2. The van der Waals surface area contributed by atoms with E-state index in [4.69, 9.17) is 4.42 Å². The second-order valence-corrected chi connectivity index (χ2v) is 9.51. The first-order valence-electron chi connectivity index (χ1n) is 9.70. The maximum absolute atomic E-state index is 12.8. The van der Waals surface area contributed by atoms with Crippen molar-refractivity contribution in [1.82, 2.24) is 24.4 Å². The summed E-state index contributed by atoms with van der Waals surface area (Å²) in [5.41, 5.74) is 3.22. The van der Waals surface area contributed by atoms with Crippen molar-refractivity contribution >= 4 is 39.2 Å². The molecule has 0 aromatic carbocycles. The minimum Gasteiger partial charge on any atom is -0.467 e. The first-order chi connectivity index (χ1) is 14.8. The van der Waals surface area contributed by atoms with E-state index >= 15 is 0 Å². The molecule has 31 heavy (non-hydrogen) atoms. The van der Waals surface area contributed by atoms with Crippen LogP contribution in [0.1, 0.15) is 41.8 Å². The molecule has 162 valence electrons. The van der Waals surface area contributed by atoms with Crippen molar-refractivity contribution in [3.05, 3.63) is 57.1 Å². The average molecular weight is 459 g/mol. The van der Waals surface area contributed by atoms with Crippen molar-refractivity contribution in [2.75, 3.05) is 11.2 Å². The molecule has 4 aromatic heterocycles. The van der Waals surface area contributed by atoms with Crippen molar-refractivity contribution in [2.45, 2.75) is 45.3 Å². The highest BCUT2D eigenvalue weighted by molar-refractivity contribution is 7.99. The summed E-state index contributed by atoms with van der Waals surface area (Å²) in [4.78, 5) is 31.3. The Hall–Kier alpha value is -2.92. The molecular weight excluding hydrogens is 436 g/mol. The van der Waals surface area contributed by atoms with Crippen LogP contribution in [0.15, 0.2) is 39.1 Å². The standard InChI is InChI=1S/C20H22N6O3S2/c1-11(2)17-22-23-20(25(17)8-14-6-5-7-29-14)30-9-15(27)24-26-10-21-18-16(19(26)28)12(3)13(4)31-18/h5-7,10-11H,8-9H2,1-4H3,(H,24,27). The molecular formula is C20H22N6O3S2. The molecule has 4 aromatic rings. The van der Waals surface area contributed by atoms with Crippen LogP contribution in [-0.4, -0.2) is 36.1 Å². The number of nitrogens with one attached hydrogen (secondary N) is 1. The fraction of sp³-hybridized carbons (Fsp3) is 0.350. The smallest absolute Gasteiger partial charge is 0.281 e. The van der Waals surface area contributed by atoms with Crippen molar-refractivity contribution in [3.63, 3.8) is 0 Å². The highest BCUT2D eigenvalue weighted by atomic mass is 32.2. The Labute approximate surface area is 186 Å². The first-order valence-corrected chi connectivity index (χ1v) is 11.5. The fourth-order valence-corrected chi connectivity index (χ4v) is 4.88. The van der Waals surface area contributed by atoms with Gasteiger partial charge in [0, 0.05) is 10.8 Å². The number of nitrogens with zero attached hydrogens (tertiary/aromatic N) is 5. The Morgan fingerprint density at radius 3 is 2.84 bits per heavy atom. The van der Waals surface area contributed by atoms with Crippen LogP contribution < -0.4 is 11.0 Å². The van der Waals surface area contributed by atoms with Gasteiger partial charge in [-0.1, -0.05) is 25.6 Å². The van der Waals surface area contributed by atoms with E-state index in [1.54, 1.807) is 6.26 Å². The molecule has 0 aliphatic carbocycles. The van der Waals surface area contributed by atoms with Crippen LogP contribution >= 0.6 is 23.1 Å². The van der Waals surface area contributed by atoms with Gasteiger partial charge in [0.05, 0.1) is 23.9 Å². The summed E-state index contributed by atoms with van der Waals surface area (Å²) in [6.07, 6.45) is 2.97. The fourth-order valence-electron chi connectivity index (χ4n) is 3.15. The van der Waals surface area contributed by atoms with Gasteiger partial charge in [0.2, 0.25) is 5.91 Å². The summed E-state index contributed by atoms with van der Waals surface area (Å²) in [7, 11) is 0. The van der Waals surface area contributed by atoms with E-state index in [0.29, 0.717) is 21.9 Å². The molecule has 0 aliphatic rings. The number of carbonyl (C=O) groups excluding carboxylic acids is 1. The molecule has 0 radical (unpaired) electrons. The molecule has 0 unspecified atom stereocenters. The van der Waals surface area contributed by atoms with Gasteiger partial charge in [-0.3, -0.25) is 19.6 Å². The third kappa shape index (κ3) is 4.28. The van der Waals surface area contributed by atoms with Gasteiger partial charge < -0.3 is 4.42 Å². The van der Waals surface area contributed by atoms with E-state index < -0.39 is 0 Å². The molecule has 0 aliphatic heterocycles. The van der Waals surface area contributed by atoms with E-state index in [1.807, 2.05) is 44.4 Å². The third-order valence-corrected chi connectivity index (χ3v) is 6.91. The van der Waals surface area contributed by atoms with E-state index in [2.05, 4.69) is 20.6 Å². The summed E-state index contributed by atoms with van der Waals surface area (Å²) in [6, 6.07) is 3.71. The lowest BCUT2D eigenvalue weighted by molar-refractivity contribution is -0.114. The predicted octanol–water partition coefficient (Wildman–Crippen LogP) is 3.29. The Kier molecular flexibility index (Phi) is 5.96. The molecule has 1 amide bonds. The predicted molar refractivity (Wildman–Crippen MR) is 120 cm³/mol. The van der Waals surface area contributed by atoms with Crippen LogP contribution in [0.3, 0.4) is 0 Å². The van der Waals surface area contributed by atoms with Gasteiger partial charge in [-0.05, 0) is 31.5 Å². The number of thiophene rings is 1. The second-order valence-electron chi connectivity index (χ2n) is 7.37. The highest BCUT2D eigenvalue weighted by Crippen LogP contribution is 2.25. The zero-order valence-corrected chi connectivity index (χ0v) is 19.2. The molecule has 1 N–H and O–H groups in total. The number of aromatic nitrogens is 5. The molecule has 0 spiro atoms. The van der Waals surface area contributed by atoms with Gasteiger partial charge in [-0.25, -0.2) is 9.66 Å². The van der Waals surface area contributed by atoms with Crippen molar-refractivity contribution in [2.24, 2.45) is 0 Å². The Bertz CT molecular complexity index is 1290. The van der Waals surface area contributed by atoms with Crippen molar-refractivity contribution in [1.29, 1.82) is 0 Å². The molecule has 9 nitrogen and oxygen atoms in total. The first kappa shape index (κ1) is 21.3. The Morgan fingerprint density at radius 1 is 1.32 bits per heavy atom. The highest BCUT2D eigenvalue weighted by Gasteiger charge is 2.18. The number of thioether (sulfide) groups is 1. The van der Waals surface area contributed by atoms with Gasteiger partial charge in [0.15, 0.2) is 5.16 Å². The monoisotopic (exact) mass is 458 g/mol. The van der Waals surface area contributed by atoms with Gasteiger partial charge >= 0.3 is 0 Å². The zero-order chi connectivity index (χ0) is 22.1. The lowest BCUT2D eigenvalue weighted by Gasteiger charge is -2.11. The number of hydrogen-bond acceptors (Lipinski definition) is 8. The molecule has 0 saturated carbocycles. The molecule has 4 rings (SSSR count). The average Bonchev–Trinajstić information content (AvgIpc) is 3.44. The Morgan fingerprint density at radius 2 is 2.13 bits per heavy atom. The zero-order valence-electron chi connectivity index (χ0n) is 17.6. The van der Waals surface area contributed by atoms with Crippen LogP contribution in [0.25, 0.3) is 10.2 Å². The minimum absolute atomic E-state index is 0.0699. The normalized spacial score (nSPS) is 11.5. The summed E-state index contributed by atoms with van der Waals surface area (Å²) >= 11 is 2.72. The minimum atomic E-state index is -0.337. The number of furan rings is 1. The topological polar surface area (TPSA) is 108 Å². The maximum Gasteiger partial charge on any atom is 0.281 e. The summed E-state index contributed by atoms with van der Waals surface area (Å²) in [5, 5.41) is 9.67. The van der Waals surface area contributed by atoms with Gasteiger partial charge in [-0.15, -0.1) is 21.5 Å². The molecule has 0 fully saturated rings. The molecule has 4 heterocycles. The van der Waals surface area contributed by atoms with Crippen molar-refractivity contribution < 1.29 is 9.21 Å². The van der Waals surface area contributed by atoms with E-state index in [0.717, 1.165) is 26.7 Å². The van der Waals surface area contributed by atoms with Gasteiger partial charge in [0.25, 0.3) is 5.56 Å². The van der Waals surface area contributed by atoms with Gasteiger partial charge in [-0.2, -0.15) is 0 Å². The molecule has 0 saturated heterocycles. The summed E-state index contributed by atoms with van der Waals surface area (Å²) in [6.45, 7) is 8.39. The van der Waals surface area contributed by atoms with Gasteiger partial charge in [0.1, 0.15) is 22.7 Å². The number of rotatable bonds is 7. The SMILES string of the molecule is Cc1sc2ncn(NC(=O)CSc3nnc(C(C)C)n3Cc3ccco3)c(=O)c2c1C. The number of fused-ring (bicyclic) bond motifs is 1. The van der Waals surface area contributed by atoms with E-state index in [1.165, 1.54) is 29.4 Å². The molecule has 0 atom stereocenters. The van der Waals surface area contributed by atoms with Crippen LogP contribution in [-0.2, 0) is 11.3 Å². The third-order valence-electron chi connectivity index (χ3n) is 4.82. The van der Waals surface area contributed by atoms with Crippen molar-refractivity contribution in [3.8, 4) is 0 Å². The second kappa shape index (κ2) is 8.67. The molecule has 0 bridgehead atoms. The van der Waals surface area contributed by atoms with Crippen LogP contribution in [0.5, 0.6) is 0 Å². The van der Waals surface area contributed by atoms with E-state index in [9.17, 15) is 9.59 Å². The van der Waals surface area contributed by atoms with Crippen LogP contribution in [0.4, 0.5) is 0 Å². The lowest BCUT2D eigenvalue weighted by atomic mass is 10.2.